The van der Waals surface area contributed by atoms with E-state index in [0.717, 1.165) is 33.3 Å². The number of nitrogens with two attached hydrogens (primary N) is 1. The predicted octanol–water partition coefficient (Wildman–Crippen LogP) is 6.18. The lowest BCUT2D eigenvalue weighted by Crippen LogP contribution is -2.28. The smallest absolute Gasteiger partial charge is 0.492 e. The van der Waals surface area contributed by atoms with Gasteiger partial charge in [0, 0.05) is 18.6 Å². The Morgan fingerprint density at radius 3 is 1.75 bits per heavy atom. The molecule has 232 valence electrons. The van der Waals surface area contributed by atoms with Gasteiger partial charge < -0.3 is 15.0 Å². The molecular weight excluding hydrogens is 658 g/mol. The van der Waals surface area contributed by atoms with Crippen LogP contribution in [-0.4, -0.2) is 48.9 Å². The molecule has 44 heavy (non-hydrogen) atoms. The molecule has 0 fully saturated rings. The lowest BCUT2D eigenvalue weighted by atomic mass is 10.4. The number of hydrogen-bond donors (Lipinski definition) is 2. The van der Waals surface area contributed by atoms with E-state index in [2.05, 4.69) is 41.3 Å². The fourth-order valence-electron chi connectivity index (χ4n) is 3.06. The van der Waals surface area contributed by atoms with Crippen LogP contribution >= 0.6 is 34.9 Å². The maximum Gasteiger partial charge on any atom is 0.534 e. The van der Waals surface area contributed by atoms with E-state index in [9.17, 15) is 26.7 Å². The summed E-state index contributed by atoms with van der Waals surface area (Å²) in [6, 6.07) is 16.1. The molecule has 3 N–H and O–H groups in total. The Labute approximate surface area is 264 Å². The molecule has 0 saturated heterocycles. The van der Waals surface area contributed by atoms with Crippen molar-refractivity contribution in [2.75, 3.05) is 0 Å². The second kappa shape index (κ2) is 15.6. The Morgan fingerprint density at radius 2 is 1.36 bits per heavy atom. The average Bonchev–Trinajstić information content (AvgIpc) is 3.61. The van der Waals surface area contributed by atoms with Crippen LogP contribution in [0.2, 0.25) is 0 Å². The number of rotatable bonds is 7. The first-order chi connectivity index (χ1) is 20.9. The zero-order valence-electron chi connectivity index (χ0n) is 23.1. The highest BCUT2D eigenvalue weighted by atomic mass is 32.2. The van der Waals surface area contributed by atoms with Gasteiger partial charge >= 0.3 is 15.6 Å². The Kier molecular flexibility index (Phi) is 12.2. The van der Waals surface area contributed by atoms with E-state index in [4.69, 9.17) is 5.73 Å². The molecule has 0 bridgehead atoms. The van der Waals surface area contributed by atoms with Gasteiger partial charge in [0.15, 0.2) is 0 Å². The molecule has 0 amide bonds. The summed E-state index contributed by atoms with van der Waals surface area (Å²) >= 11 is 7.20. The number of aryl methyl sites for hydroxylation is 2. The van der Waals surface area contributed by atoms with Gasteiger partial charge in [0.1, 0.15) is 15.0 Å². The van der Waals surface area contributed by atoms with E-state index in [1.54, 1.807) is 43.6 Å². The monoisotopic (exact) mass is 682 g/mol. The maximum absolute atomic E-state index is 12.3. The number of nitrogens with zero attached hydrogens (tertiary/aromatic N) is 5. The first kappa shape index (κ1) is 34.4. The minimum absolute atomic E-state index is 0.137. The quantitative estimate of drug-likeness (QED) is 0.115. The van der Waals surface area contributed by atoms with Crippen LogP contribution in [0.3, 0.4) is 0 Å². The highest BCUT2D eigenvalue weighted by Gasteiger charge is 2.49. The number of thiazole rings is 2. The van der Waals surface area contributed by atoms with Crippen molar-refractivity contribution in [2.24, 2.45) is 5.73 Å². The molecule has 5 rings (SSSR count). The van der Waals surface area contributed by atoms with Gasteiger partial charge in [0.05, 0.1) is 26.8 Å². The third-order valence-corrected chi connectivity index (χ3v) is 8.71. The highest BCUT2D eigenvalue weighted by Crippen LogP contribution is 2.35. The molecule has 0 unspecified atom stereocenters. The van der Waals surface area contributed by atoms with Crippen molar-refractivity contribution in [1.82, 2.24) is 24.9 Å². The standard InChI is InChI=1S/C11H9F3N2O3S2.C10H10N2OS.C6H6N2S/c1-2-8-9(19-21(17,18)11(12,13)14)16-10(20-8)7-5-3-4-6-15-7;1-2-8-9(13)12-10(14-8)7-5-3-4-6-11-7;7-6(9)5-3-1-2-4-8-5/h3-6H,2H2,1H3;3-6,13H,2H2,1H3;1-4H,(H2,7,9). The lowest BCUT2D eigenvalue weighted by Gasteiger charge is -2.07. The molecule has 0 spiro atoms. The van der Waals surface area contributed by atoms with Crippen LogP contribution in [0.15, 0.2) is 73.2 Å². The normalized spacial score (nSPS) is 11.0. The van der Waals surface area contributed by atoms with E-state index in [1.165, 1.54) is 17.5 Å². The molecule has 10 nitrogen and oxygen atoms in total. The topological polar surface area (TPSA) is 154 Å². The summed E-state index contributed by atoms with van der Waals surface area (Å²) in [5, 5.41) is 10.5. The van der Waals surface area contributed by atoms with Crippen LogP contribution in [0.5, 0.6) is 11.8 Å². The Balaban J connectivity index is 0.000000197. The Bertz CT molecular complexity index is 1750. The van der Waals surface area contributed by atoms with E-state index >= 15 is 0 Å². The summed E-state index contributed by atoms with van der Waals surface area (Å²) in [5.41, 5.74) is 1.70. The highest BCUT2D eigenvalue weighted by molar-refractivity contribution is 7.88. The zero-order valence-corrected chi connectivity index (χ0v) is 26.4. The van der Waals surface area contributed by atoms with Gasteiger partial charge in [-0.05, 0) is 49.2 Å². The van der Waals surface area contributed by atoms with Crippen LogP contribution in [0.1, 0.15) is 29.3 Å². The summed E-state index contributed by atoms with van der Waals surface area (Å²) in [6.45, 7) is 3.65. The number of aromatic hydroxyl groups is 1. The van der Waals surface area contributed by atoms with Crippen molar-refractivity contribution < 1.29 is 30.9 Å². The SMILES string of the molecule is CCc1sc(-c2ccccn2)nc1O.CCc1sc(-c2ccccn2)nc1OS(=O)(=O)C(F)(F)F.NC(=S)c1ccccn1. The summed E-state index contributed by atoms with van der Waals surface area (Å²) in [6.07, 6.45) is 5.97. The van der Waals surface area contributed by atoms with E-state index in [0.29, 0.717) is 26.3 Å². The van der Waals surface area contributed by atoms with Crippen LogP contribution in [-0.2, 0) is 23.0 Å². The minimum Gasteiger partial charge on any atom is -0.492 e. The third kappa shape index (κ3) is 9.47. The predicted molar refractivity (Wildman–Crippen MR) is 167 cm³/mol. The molecule has 0 aliphatic heterocycles. The molecular formula is C27H25F3N6O4S4. The van der Waals surface area contributed by atoms with Crippen LogP contribution in [0.4, 0.5) is 13.2 Å². The van der Waals surface area contributed by atoms with Crippen molar-refractivity contribution in [2.45, 2.75) is 32.2 Å². The van der Waals surface area contributed by atoms with Crippen molar-refractivity contribution in [3.8, 4) is 33.2 Å². The second-order valence-corrected chi connectivity index (χ2v) is 12.4. The van der Waals surface area contributed by atoms with Crippen molar-refractivity contribution in [3.63, 3.8) is 0 Å². The molecule has 0 aliphatic carbocycles. The average molecular weight is 683 g/mol. The van der Waals surface area contributed by atoms with E-state index in [1.807, 2.05) is 37.3 Å². The third-order valence-electron chi connectivity index (χ3n) is 5.14. The number of halogens is 3. The minimum atomic E-state index is -5.73. The molecule has 0 aromatic carbocycles. The molecule has 5 aromatic heterocycles. The molecule has 17 heteroatoms. The van der Waals surface area contributed by atoms with Crippen LogP contribution in [0.25, 0.3) is 21.4 Å². The molecule has 0 saturated carbocycles. The Hall–Kier alpha value is -4.06. The van der Waals surface area contributed by atoms with Gasteiger partial charge in [-0.15, -0.1) is 22.7 Å². The van der Waals surface area contributed by atoms with Gasteiger partial charge in [-0.25, -0.2) is 0 Å². The fourth-order valence-corrected chi connectivity index (χ4v) is 5.45. The number of pyridine rings is 3. The summed E-state index contributed by atoms with van der Waals surface area (Å²) in [5.74, 6) is -0.418. The lowest BCUT2D eigenvalue weighted by molar-refractivity contribution is -0.0501. The largest absolute Gasteiger partial charge is 0.534 e. The molecule has 0 atom stereocenters. The second-order valence-electron chi connectivity index (χ2n) is 8.21. The zero-order chi connectivity index (χ0) is 32.3. The van der Waals surface area contributed by atoms with Gasteiger partial charge in [-0.2, -0.15) is 31.6 Å². The number of alkyl halides is 3. The first-order valence-corrected chi connectivity index (χ1v) is 16.0. The molecule has 5 aromatic rings. The fraction of sp³-hybridized carbons (Fsp3) is 0.185. The molecule has 0 radical (unpaired) electrons. The van der Waals surface area contributed by atoms with Crippen LogP contribution in [0, 0.1) is 0 Å². The van der Waals surface area contributed by atoms with Gasteiger partial charge in [0.25, 0.3) is 0 Å². The maximum atomic E-state index is 12.3. The summed E-state index contributed by atoms with van der Waals surface area (Å²) < 4.78 is 63.2. The Morgan fingerprint density at radius 1 is 0.864 bits per heavy atom. The van der Waals surface area contributed by atoms with E-state index in [-0.39, 0.29) is 12.3 Å². The molecule has 0 aliphatic rings. The number of thiocarbonyl (C=S) groups is 1. The van der Waals surface area contributed by atoms with Crippen molar-refractivity contribution >= 4 is 50.0 Å². The molecule has 5 heterocycles. The summed E-state index contributed by atoms with van der Waals surface area (Å²) in [7, 11) is -5.73. The van der Waals surface area contributed by atoms with Crippen LogP contribution < -0.4 is 9.92 Å². The van der Waals surface area contributed by atoms with Crippen molar-refractivity contribution in [3.05, 3.63) is 88.6 Å². The van der Waals surface area contributed by atoms with Gasteiger partial charge in [-0.1, -0.05) is 44.3 Å². The number of aromatic nitrogens is 5. The first-order valence-electron chi connectivity index (χ1n) is 12.6. The van der Waals surface area contributed by atoms with Gasteiger partial charge in [-0.3, -0.25) is 15.0 Å². The summed E-state index contributed by atoms with van der Waals surface area (Å²) in [4.78, 5) is 21.5. The van der Waals surface area contributed by atoms with Gasteiger partial charge in [0.2, 0.25) is 11.8 Å². The van der Waals surface area contributed by atoms with E-state index < -0.39 is 21.5 Å². The number of hydrogen-bond acceptors (Lipinski definition) is 12. The van der Waals surface area contributed by atoms with Crippen molar-refractivity contribution in [1.29, 1.82) is 0 Å².